The summed E-state index contributed by atoms with van der Waals surface area (Å²) in [6.07, 6.45) is -0.357. The molecule has 9 nitrogen and oxygen atoms in total. The van der Waals surface area contributed by atoms with E-state index in [1.165, 1.54) is 0 Å². The van der Waals surface area contributed by atoms with Crippen molar-refractivity contribution in [2.24, 2.45) is 0 Å². The van der Waals surface area contributed by atoms with Gasteiger partial charge in [0.05, 0.1) is 18.4 Å². The quantitative estimate of drug-likeness (QED) is 0.608. The third-order valence-corrected chi connectivity index (χ3v) is 5.48. The molecule has 1 aromatic carbocycles. The van der Waals surface area contributed by atoms with Crippen molar-refractivity contribution >= 4 is 11.8 Å². The van der Waals surface area contributed by atoms with E-state index in [0.717, 1.165) is 18.0 Å². The van der Waals surface area contributed by atoms with Gasteiger partial charge in [0.1, 0.15) is 18.1 Å². The second kappa shape index (κ2) is 8.71. The maximum atomic E-state index is 12.7. The van der Waals surface area contributed by atoms with Crippen LogP contribution < -0.4 is 9.64 Å². The smallest absolute Gasteiger partial charge is 0.410 e. The zero-order valence-corrected chi connectivity index (χ0v) is 18.1. The van der Waals surface area contributed by atoms with Crippen molar-refractivity contribution in [1.29, 1.82) is 0 Å². The SMILES string of the molecule is COc1ccc(N2CCN(C(=O)OCc3c(C)noc3-c3cc(C)on3)CC2C)cc1. The standard InChI is InChI=1S/C22H26N4O5/c1-14-12-25(9-10-26(14)17-5-7-18(28-4)8-6-17)22(27)29-13-19-16(3)23-31-21(19)20-11-15(2)30-24-20/h5-8,11,14H,9-10,12-13H2,1-4H3. The highest BCUT2D eigenvalue weighted by Gasteiger charge is 2.28. The molecular formula is C22H26N4O5. The molecule has 0 spiro atoms. The Balaban J connectivity index is 1.37. The highest BCUT2D eigenvalue weighted by Crippen LogP contribution is 2.27. The summed E-state index contributed by atoms with van der Waals surface area (Å²) in [6.45, 7) is 7.63. The van der Waals surface area contributed by atoms with E-state index in [1.54, 1.807) is 31.9 Å². The zero-order valence-electron chi connectivity index (χ0n) is 18.1. The molecule has 0 radical (unpaired) electrons. The summed E-state index contributed by atoms with van der Waals surface area (Å²) in [5.41, 5.74) is 2.98. The molecular weight excluding hydrogens is 400 g/mol. The Kier molecular flexibility index (Phi) is 5.83. The second-order valence-electron chi connectivity index (χ2n) is 7.64. The van der Waals surface area contributed by atoms with Crippen LogP contribution in [0, 0.1) is 13.8 Å². The second-order valence-corrected chi connectivity index (χ2v) is 7.64. The Morgan fingerprint density at radius 2 is 1.94 bits per heavy atom. The molecule has 1 fully saturated rings. The van der Waals surface area contributed by atoms with Crippen LogP contribution in [0.3, 0.4) is 0 Å². The Morgan fingerprint density at radius 3 is 2.58 bits per heavy atom. The summed E-state index contributed by atoms with van der Waals surface area (Å²) in [6, 6.07) is 9.86. The van der Waals surface area contributed by atoms with Crippen LogP contribution >= 0.6 is 0 Å². The fraction of sp³-hybridized carbons (Fsp3) is 0.409. The third-order valence-electron chi connectivity index (χ3n) is 5.48. The number of carbonyl (C=O) groups excluding carboxylic acids is 1. The van der Waals surface area contributed by atoms with Gasteiger partial charge >= 0.3 is 6.09 Å². The van der Waals surface area contributed by atoms with Crippen molar-refractivity contribution in [3.05, 3.63) is 47.3 Å². The predicted octanol–water partition coefficient (Wildman–Crippen LogP) is 3.80. The zero-order chi connectivity index (χ0) is 22.0. The first-order chi connectivity index (χ1) is 15.0. The van der Waals surface area contributed by atoms with Gasteiger partial charge in [-0.15, -0.1) is 0 Å². The monoisotopic (exact) mass is 426 g/mol. The average molecular weight is 426 g/mol. The molecule has 0 saturated carbocycles. The number of benzene rings is 1. The highest BCUT2D eigenvalue weighted by atomic mass is 16.6. The molecule has 1 aliphatic heterocycles. The maximum absolute atomic E-state index is 12.7. The molecule has 1 amide bonds. The minimum Gasteiger partial charge on any atom is -0.497 e. The van der Waals surface area contributed by atoms with E-state index < -0.39 is 0 Å². The Bertz CT molecular complexity index is 1040. The van der Waals surface area contributed by atoms with E-state index in [-0.39, 0.29) is 18.7 Å². The lowest BCUT2D eigenvalue weighted by molar-refractivity contribution is 0.0898. The summed E-state index contributed by atoms with van der Waals surface area (Å²) in [7, 11) is 1.65. The molecule has 0 bridgehead atoms. The lowest BCUT2D eigenvalue weighted by Crippen LogP contribution is -2.53. The van der Waals surface area contributed by atoms with E-state index in [2.05, 4.69) is 22.1 Å². The van der Waals surface area contributed by atoms with Crippen LogP contribution in [-0.2, 0) is 11.3 Å². The number of ether oxygens (including phenoxy) is 2. The van der Waals surface area contributed by atoms with Crippen LogP contribution in [-0.4, -0.2) is 54.1 Å². The Morgan fingerprint density at radius 1 is 1.16 bits per heavy atom. The summed E-state index contributed by atoms with van der Waals surface area (Å²) in [5, 5.41) is 7.95. The molecule has 1 aliphatic rings. The first-order valence-electron chi connectivity index (χ1n) is 10.2. The molecule has 1 atom stereocenters. The third kappa shape index (κ3) is 4.35. The van der Waals surface area contributed by atoms with E-state index in [9.17, 15) is 4.79 Å². The number of aryl methyl sites for hydroxylation is 2. The summed E-state index contributed by atoms with van der Waals surface area (Å²) >= 11 is 0. The van der Waals surface area contributed by atoms with Crippen molar-refractivity contribution in [3.63, 3.8) is 0 Å². The van der Waals surface area contributed by atoms with Gasteiger partial charge in [-0.3, -0.25) is 0 Å². The van der Waals surface area contributed by atoms with Gasteiger partial charge in [0, 0.05) is 37.4 Å². The molecule has 1 unspecified atom stereocenters. The summed E-state index contributed by atoms with van der Waals surface area (Å²) in [5.74, 6) is 1.94. The van der Waals surface area contributed by atoms with Crippen LogP contribution in [0.1, 0.15) is 23.9 Å². The van der Waals surface area contributed by atoms with Gasteiger partial charge in [0.15, 0.2) is 11.5 Å². The molecule has 3 aromatic rings. The minimum absolute atomic E-state index is 0.0580. The number of anilines is 1. The van der Waals surface area contributed by atoms with E-state index >= 15 is 0 Å². The van der Waals surface area contributed by atoms with Gasteiger partial charge < -0.3 is 28.3 Å². The molecule has 4 rings (SSSR count). The van der Waals surface area contributed by atoms with Gasteiger partial charge in [-0.1, -0.05) is 10.3 Å². The number of hydrogen-bond donors (Lipinski definition) is 0. The Hall–Kier alpha value is -3.49. The fourth-order valence-corrected chi connectivity index (χ4v) is 3.74. The lowest BCUT2D eigenvalue weighted by Gasteiger charge is -2.40. The molecule has 9 heteroatoms. The van der Waals surface area contributed by atoms with Crippen molar-refractivity contribution < 1.29 is 23.3 Å². The first-order valence-corrected chi connectivity index (χ1v) is 10.2. The maximum Gasteiger partial charge on any atom is 0.410 e. The van der Waals surface area contributed by atoms with Crippen LogP contribution in [0.25, 0.3) is 11.5 Å². The molecule has 31 heavy (non-hydrogen) atoms. The number of amides is 1. The van der Waals surface area contributed by atoms with E-state index in [1.807, 2.05) is 24.3 Å². The lowest BCUT2D eigenvalue weighted by atomic mass is 10.1. The average Bonchev–Trinajstić information content (AvgIpc) is 3.37. The van der Waals surface area contributed by atoms with Crippen LogP contribution in [0.4, 0.5) is 10.5 Å². The van der Waals surface area contributed by atoms with Crippen molar-refractivity contribution in [3.8, 4) is 17.2 Å². The van der Waals surface area contributed by atoms with Crippen molar-refractivity contribution in [2.45, 2.75) is 33.4 Å². The number of nitrogens with zero attached hydrogens (tertiary/aromatic N) is 4. The largest absolute Gasteiger partial charge is 0.497 e. The summed E-state index contributed by atoms with van der Waals surface area (Å²) < 4.78 is 21.3. The fourth-order valence-electron chi connectivity index (χ4n) is 3.74. The molecule has 164 valence electrons. The van der Waals surface area contributed by atoms with Gasteiger partial charge in [0.25, 0.3) is 0 Å². The normalized spacial score (nSPS) is 16.5. The van der Waals surface area contributed by atoms with Gasteiger partial charge in [-0.2, -0.15) is 0 Å². The van der Waals surface area contributed by atoms with E-state index in [0.29, 0.717) is 41.6 Å². The van der Waals surface area contributed by atoms with Crippen molar-refractivity contribution in [2.75, 3.05) is 31.6 Å². The number of hydrogen-bond acceptors (Lipinski definition) is 8. The minimum atomic E-state index is -0.357. The van der Waals surface area contributed by atoms with Gasteiger partial charge in [0.2, 0.25) is 0 Å². The van der Waals surface area contributed by atoms with E-state index in [4.69, 9.17) is 18.5 Å². The number of methoxy groups -OCH3 is 1. The Labute approximate surface area is 180 Å². The van der Waals surface area contributed by atoms with Gasteiger partial charge in [-0.25, -0.2) is 4.79 Å². The number of rotatable bonds is 5. The number of piperazine rings is 1. The molecule has 0 N–H and O–H groups in total. The molecule has 3 heterocycles. The number of carbonyl (C=O) groups is 1. The van der Waals surface area contributed by atoms with Crippen LogP contribution in [0.5, 0.6) is 5.75 Å². The van der Waals surface area contributed by atoms with Crippen LogP contribution in [0.15, 0.2) is 39.4 Å². The molecule has 0 aliphatic carbocycles. The van der Waals surface area contributed by atoms with Crippen molar-refractivity contribution in [1.82, 2.24) is 15.2 Å². The number of aromatic nitrogens is 2. The molecule has 2 aromatic heterocycles. The summed E-state index contributed by atoms with van der Waals surface area (Å²) in [4.78, 5) is 16.7. The first kappa shape index (κ1) is 20.8. The topological polar surface area (TPSA) is 94.1 Å². The predicted molar refractivity (Wildman–Crippen MR) is 113 cm³/mol. The van der Waals surface area contributed by atoms with Crippen LogP contribution in [0.2, 0.25) is 0 Å². The highest BCUT2D eigenvalue weighted by molar-refractivity contribution is 5.69. The van der Waals surface area contributed by atoms with Gasteiger partial charge in [-0.05, 0) is 45.0 Å². The molecule has 1 saturated heterocycles.